The number of carbonyl (C=O) groups excluding carboxylic acids is 1. The van der Waals surface area contributed by atoms with Gasteiger partial charge in [-0.1, -0.05) is 0 Å². The van der Waals surface area contributed by atoms with Crippen LogP contribution in [-0.4, -0.2) is 86.9 Å². The zero-order valence-corrected chi connectivity index (χ0v) is 12.8. The molecule has 2 unspecified atom stereocenters. The number of nitrogens with one attached hydrogen (secondary N) is 1. The summed E-state index contributed by atoms with van der Waals surface area (Å²) in [5.74, 6) is 0.202. The lowest BCUT2D eigenvalue weighted by Crippen LogP contribution is -2.53. The lowest BCUT2D eigenvalue weighted by Gasteiger charge is -2.29. The predicted molar refractivity (Wildman–Crippen MR) is 79.2 cm³/mol. The Labute approximate surface area is 126 Å². The van der Waals surface area contributed by atoms with E-state index in [0.29, 0.717) is 19.3 Å². The molecule has 3 heterocycles. The largest absolute Gasteiger partial charge is 0.378 e. The predicted octanol–water partition coefficient (Wildman–Crippen LogP) is -0.312. The van der Waals surface area contributed by atoms with Crippen LogP contribution in [0.15, 0.2) is 0 Å². The van der Waals surface area contributed by atoms with Crippen LogP contribution in [0, 0.1) is 0 Å². The number of amides is 1. The first kappa shape index (κ1) is 15.2. The highest BCUT2D eigenvalue weighted by molar-refractivity contribution is 5.82. The third kappa shape index (κ3) is 4.16. The van der Waals surface area contributed by atoms with Crippen molar-refractivity contribution in [1.82, 2.24) is 15.1 Å². The van der Waals surface area contributed by atoms with Gasteiger partial charge < -0.3 is 19.7 Å². The van der Waals surface area contributed by atoms with Crippen LogP contribution in [-0.2, 0) is 14.3 Å². The van der Waals surface area contributed by atoms with Crippen LogP contribution in [0.2, 0.25) is 0 Å². The summed E-state index contributed by atoms with van der Waals surface area (Å²) < 4.78 is 11.1. The van der Waals surface area contributed by atoms with E-state index in [-0.39, 0.29) is 11.9 Å². The van der Waals surface area contributed by atoms with Crippen molar-refractivity contribution >= 4 is 5.91 Å². The van der Waals surface area contributed by atoms with E-state index in [1.807, 2.05) is 4.90 Å². The second-order valence-electron chi connectivity index (χ2n) is 6.20. The molecule has 0 aromatic rings. The van der Waals surface area contributed by atoms with E-state index < -0.39 is 0 Å². The second-order valence-corrected chi connectivity index (χ2v) is 6.20. The number of carbonyl (C=O) groups is 1. The van der Waals surface area contributed by atoms with E-state index in [4.69, 9.17) is 9.47 Å². The van der Waals surface area contributed by atoms with Gasteiger partial charge in [-0.2, -0.15) is 0 Å². The van der Waals surface area contributed by atoms with Crippen molar-refractivity contribution in [3.05, 3.63) is 0 Å². The van der Waals surface area contributed by atoms with Crippen molar-refractivity contribution in [2.24, 2.45) is 0 Å². The normalized spacial score (nSPS) is 32.1. The summed E-state index contributed by atoms with van der Waals surface area (Å²) in [6, 6.07) is -0.150. The first-order valence-corrected chi connectivity index (χ1v) is 8.27. The number of nitrogens with zero attached hydrogens (tertiary/aromatic N) is 2. The van der Waals surface area contributed by atoms with Gasteiger partial charge in [0, 0.05) is 39.3 Å². The Morgan fingerprint density at radius 2 is 2.10 bits per heavy atom. The minimum atomic E-state index is -0.150. The molecule has 0 radical (unpaired) electrons. The van der Waals surface area contributed by atoms with Crippen LogP contribution in [0.4, 0.5) is 0 Å². The van der Waals surface area contributed by atoms with Gasteiger partial charge >= 0.3 is 0 Å². The monoisotopic (exact) mass is 297 g/mol. The molecule has 3 aliphatic rings. The van der Waals surface area contributed by atoms with Gasteiger partial charge in [-0.15, -0.1) is 0 Å². The molecular formula is C15H27N3O3. The van der Waals surface area contributed by atoms with Crippen LogP contribution >= 0.6 is 0 Å². The van der Waals surface area contributed by atoms with E-state index in [0.717, 1.165) is 52.3 Å². The van der Waals surface area contributed by atoms with E-state index in [1.54, 1.807) is 0 Å². The van der Waals surface area contributed by atoms with E-state index in [2.05, 4.69) is 10.2 Å². The molecule has 6 nitrogen and oxygen atoms in total. The van der Waals surface area contributed by atoms with Crippen LogP contribution in [0.25, 0.3) is 0 Å². The molecule has 1 amide bonds. The maximum absolute atomic E-state index is 12.5. The number of morpholine rings is 1. The van der Waals surface area contributed by atoms with E-state index in [9.17, 15) is 4.79 Å². The third-order valence-corrected chi connectivity index (χ3v) is 4.61. The van der Waals surface area contributed by atoms with Gasteiger partial charge in [0.05, 0.1) is 19.3 Å². The maximum atomic E-state index is 12.5. The third-order valence-electron chi connectivity index (χ3n) is 4.61. The average Bonchev–Trinajstić information content (AvgIpc) is 2.92. The van der Waals surface area contributed by atoms with Crippen LogP contribution in [0.1, 0.15) is 19.3 Å². The SMILES string of the molecule is O=C(C1COCCN1)N1CCCN(CC2CCCO2)CC1. The standard InChI is InChI=1S/C15H27N3O3/c19-15(14-12-20-10-4-16-14)18-6-2-5-17(7-8-18)11-13-3-1-9-21-13/h13-14,16H,1-12H2. The summed E-state index contributed by atoms with van der Waals surface area (Å²) in [5, 5.41) is 3.26. The summed E-state index contributed by atoms with van der Waals surface area (Å²) in [5.41, 5.74) is 0. The molecule has 3 saturated heterocycles. The number of ether oxygens (including phenoxy) is 2. The highest BCUT2D eigenvalue weighted by Gasteiger charge is 2.28. The van der Waals surface area contributed by atoms with Gasteiger partial charge in [0.1, 0.15) is 6.04 Å². The number of hydrogen-bond acceptors (Lipinski definition) is 5. The zero-order chi connectivity index (χ0) is 14.5. The van der Waals surface area contributed by atoms with Gasteiger partial charge in [0.25, 0.3) is 0 Å². The molecule has 1 N–H and O–H groups in total. The van der Waals surface area contributed by atoms with Crippen LogP contribution < -0.4 is 5.32 Å². The van der Waals surface area contributed by atoms with E-state index >= 15 is 0 Å². The number of hydrogen-bond donors (Lipinski definition) is 1. The summed E-state index contributed by atoms with van der Waals surface area (Å²) in [7, 11) is 0. The van der Waals surface area contributed by atoms with Gasteiger partial charge in [-0.25, -0.2) is 0 Å². The fourth-order valence-corrected chi connectivity index (χ4v) is 3.39. The molecular weight excluding hydrogens is 270 g/mol. The molecule has 21 heavy (non-hydrogen) atoms. The molecule has 0 spiro atoms. The maximum Gasteiger partial charge on any atom is 0.242 e. The molecule has 2 atom stereocenters. The molecule has 0 saturated carbocycles. The van der Waals surface area contributed by atoms with Gasteiger partial charge in [0.15, 0.2) is 0 Å². The van der Waals surface area contributed by atoms with Crippen molar-refractivity contribution in [3.63, 3.8) is 0 Å². The fraction of sp³-hybridized carbons (Fsp3) is 0.933. The molecule has 6 heteroatoms. The molecule has 3 rings (SSSR count). The lowest BCUT2D eigenvalue weighted by atomic mass is 10.2. The highest BCUT2D eigenvalue weighted by Crippen LogP contribution is 2.15. The average molecular weight is 297 g/mol. The quantitative estimate of drug-likeness (QED) is 0.774. The molecule has 0 aromatic carbocycles. The molecule has 0 aliphatic carbocycles. The van der Waals surface area contributed by atoms with Crippen molar-refractivity contribution in [1.29, 1.82) is 0 Å². The molecule has 3 aliphatic heterocycles. The van der Waals surface area contributed by atoms with Crippen molar-refractivity contribution in [2.75, 3.05) is 59.1 Å². The zero-order valence-electron chi connectivity index (χ0n) is 12.8. The minimum Gasteiger partial charge on any atom is -0.378 e. The second kappa shape index (κ2) is 7.54. The van der Waals surface area contributed by atoms with Crippen LogP contribution in [0.5, 0.6) is 0 Å². The Bertz CT molecular complexity index is 341. The Kier molecular flexibility index (Phi) is 5.46. The summed E-state index contributed by atoms with van der Waals surface area (Å²) in [4.78, 5) is 17.0. The van der Waals surface area contributed by atoms with Gasteiger partial charge in [-0.3, -0.25) is 9.69 Å². The Morgan fingerprint density at radius 1 is 1.14 bits per heavy atom. The first-order chi connectivity index (χ1) is 10.3. The minimum absolute atomic E-state index is 0.150. The molecule has 120 valence electrons. The van der Waals surface area contributed by atoms with Crippen molar-refractivity contribution in [2.45, 2.75) is 31.4 Å². The Balaban J connectivity index is 1.46. The van der Waals surface area contributed by atoms with Crippen molar-refractivity contribution in [3.8, 4) is 0 Å². The summed E-state index contributed by atoms with van der Waals surface area (Å²) >= 11 is 0. The fourth-order valence-electron chi connectivity index (χ4n) is 3.39. The summed E-state index contributed by atoms with van der Waals surface area (Å²) in [6.45, 7) is 7.63. The Hall–Kier alpha value is -0.690. The highest BCUT2D eigenvalue weighted by atomic mass is 16.5. The molecule has 0 aromatic heterocycles. The summed E-state index contributed by atoms with van der Waals surface area (Å²) in [6.07, 6.45) is 3.83. The Morgan fingerprint density at radius 3 is 2.86 bits per heavy atom. The lowest BCUT2D eigenvalue weighted by molar-refractivity contribution is -0.136. The van der Waals surface area contributed by atoms with Crippen LogP contribution in [0.3, 0.4) is 0 Å². The number of rotatable bonds is 3. The molecule has 3 fully saturated rings. The smallest absolute Gasteiger partial charge is 0.242 e. The van der Waals surface area contributed by atoms with Crippen molar-refractivity contribution < 1.29 is 14.3 Å². The van der Waals surface area contributed by atoms with E-state index in [1.165, 1.54) is 12.8 Å². The first-order valence-electron chi connectivity index (χ1n) is 8.27. The molecule has 0 bridgehead atoms. The van der Waals surface area contributed by atoms with Gasteiger partial charge in [0.2, 0.25) is 5.91 Å². The van der Waals surface area contributed by atoms with Gasteiger partial charge in [-0.05, 0) is 25.8 Å². The topological polar surface area (TPSA) is 54.0 Å².